The van der Waals surface area contributed by atoms with Gasteiger partial charge in [0.2, 0.25) is 5.95 Å². The number of anilines is 2. The number of nitrogens with zero attached hydrogens (tertiary/aromatic N) is 3. The summed E-state index contributed by atoms with van der Waals surface area (Å²) in [6, 6.07) is 0.604. The molecule has 0 aliphatic rings. The van der Waals surface area contributed by atoms with E-state index in [0.29, 0.717) is 12.0 Å². The second kappa shape index (κ2) is 9.13. The molecule has 1 heterocycles. The third-order valence-electron chi connectivity index (χ3n) is 3.38. The Hall–Kier alpha value is -0.880. The lowest BCUT2D eigenvalue weighted by atomic mass is 10.2. The third-order valence-corrected chi connectivity index (χ3v) is 3.96. The number of rotatable bonds is 9. The maximum atomic E-state index is 4.47. The van der Waals surface area contributed by atoms with Gasteiger partial charge >= 0.3 is 0 Å². The van der Waals surface area contributed by atoms with Crippen molar-refractivity contribution in [2.45, 2.75) is 39.7 Å². The number of aromatic nitrogens is 2. The first kappa shape index (κ1) is 17.2. The molecule has 1 rings (SSSR count). The van der Waals surface area contributed by atoms with Crippen molar-refractivity contribution in [3.05, 3.63) is 10.7 Å². The first-order chi connectivity index (χ1) is 9.58. The van der Waals surface area contributed by atoms with Crippen LogP contribution in [0.15, 0.2) is 10.7 Å². The molecule has 1 aromatic heterocycles. The second-order valence-corrected chi connectivity index (χ2v) is 5.84. The molecule has 1 aromatic rings. The van der Waals surface area contributed by atoms with Crippen LogP contribution in [-0.4, -0.2) is 47.6 Å². The molecular formula is C14H26BrN5. The smallest absolute Gasteiger partial charge is 0.224 e. The van der Waals surface area contributed by atoms with Gasteiger partial charge in [-0.1, -0.05) is 13.8 Å². The van der Waals surface area contributed by atoms with Gasteiger partial charge in [0.05, 0.1) is 4.47 Å². The molecule has 20 heavy (non-hydrogen) atoms. The van der Waals surface area contributed by atoms with Crippen molar-refractivity contribution in [1.29, 1.82) is 0 Å². The molecule has 0 spiro atoms. The highest BCUT2D eigenvalue weighted by molar-refractivity contribution is 9.10. The molecule has 1 atom stereocenters. The average Bonchev–Trinajstić information content (AvgIpc) is 2.46. The molecule has 1 unspecified atom stereocenters. The van der Waals surface area contributed by atoms with Crippen LogP contribution in [0.25, 0.3) is 0 Å². The standard InChI is InChI=1S/C14H26BrN5/c1-5-7-17-14-18-10-12(15)13(19-14)16-8-9-20(4)11(3)6-2/h10-11H,5-9H2,1-4H3,(H2,16,17,18,19). The molecule has 0 saturated heterocycles. The molecule has 0 amide bonds. The molecular weight excluding hydrogens is 318 g/mol. The van der Waals surface area contributed by atoms with Crippen LogP contribution in [0.4, 0.5) is 11.8 Å². The summed E-state index contributed by atoms with van der Waals surface area (Å²) in [4.78, 5) is 11.1. The van der Waals surface area contributed by atoms with Crippen molar-refractivity contribution in [1.82, 2.24) is 14.9 Å². The molecule has 0 saturated carbocycles. The van der Waals surface area contributed by atoms with Crippen molar-refractivity contribution < 1.29 is 0 Å². The topological polar surface area (TPSA) is 53.1 Å². The Balaban J connectivity index is 2.50. The normalized spacial score (nSPS) is 12.5. The molecule has 0 aliphatic heterocycles. The van der Waals surface area contributed by atoms with Crippen LogP contribution in [-0.2, 0) is 0 Å². The van der Waals surface area contributed by atoms with Gasteiger partial charge in [-0.25, -0.2) is 4.98 Å². The highest BCUT2D eigenvalue weighted by Gasteiger charge is 2.08. The molecule has 0 aromatic carbocycles. The van der Waals surface area contributed by atoms with E-state index >= 15 is 0 Å². The van der Waals surface area contributed by atoms with Crippen molar-refractivity contribution in [2.75, 3.05) is 37.3 Å². The maximum absolute atomic E-state index is 4.47. The van der Waals surface area contributed by atoms with Crippen molar-refractivity contribution in [3.63, 3.8) is 0 Å². The third kappa shape index (κ3) is 5.63. The van der Waals surface area contributed by atoms with E-state index in [9.17, 15) is 0 Å². The fourth-order valence-electron chi connectivity index (χ4n) is 1.70. The summed E-state index contributed by atoms with van der Waals surface area (Å²) < 4.78 is 0.894. The number of hydrogen-bond donors (Lipinski definition) is 2. The van der Waals surface area contributed by atoms with Gasteiger partial charge in [-0.15, -0.1) is 0 Å². The fraction of sp³-hybridized carbons (Fsp3) is 0.714. The quantitative estimate of drug-likeness (QED) is 0.721. The summed E-state index contributed by atoms with van der Waals surface area (Å²) in [7, 11) is 2.15. The van der Waals surface area contributed by atoms with Crippen molar-refractivity contribution in [3.8, 4) is 0 Å². The summed E-state index contributed by atoms with van der Waals surface area (Å²) in [5.41, 5.74) is 0. The van der Waals surface area contributed by atoms with Crippen LogP contribution in [0.5, 0.6) is 0 Å². The minimum Gasteiger partial charge on any atom is -0.368 e. The lowest BCUT2D eigenvalue weighted by molar-refractivity contribution is 0.261. The van der Waals surface area contributed by atoms with Gasteiger partial charge in [-0.05, 0) is 42.7 Å². The largest absolute Gasteiger partial charge is 0.368 e. The van der Waals surface area contributed by atoms with Gasteiger partial charge in [0.15, 0.2) is 0 Å². The Morgan fingerprint density at radius 3 is 2.70 bits per heavy atom. The van der Waals surface area contributed by atoms with Crippen LogP contribution in [0, 0.1) is 0 Å². The Labute approximate surface area is 130 Å². The molecule has 2 N–H and O–H groups in total. The average molecular weight is 344 g/mol. The Morgan fingerprint density at radius 2 is 2.05 bits per heavy atom. The highest BCUT2D eigenvalue weighted by Crippen LogP contribution is 2.19. The van der Waals surface area contributed by atoms with Crippen LogP contribution in [0.3, 0.4) is 0 Å². The summed E-state index contributed by atoms with van der Waals surface area (Å²) in [6.07, 6.45) is 4.01. The van der Waals surface area contributed by atoms with E-state index in [-0.39, 0.29) is 0 Å². The van der Waals surface area contributed by atoms with Crippen molar-refractivity contribution in [2.24, 2.45) is 0 Å². The minimum atomic E-state index is 0.604. The number of halogens is 1. The lowest BCUT2D eigenvalue weighted by Crippen LogP contribution is -2.32. The zero-order chi connectivity index (χ0) is 15.0. The minimum absolute atomic E-state index is 0.604. The van der Waals surface area contributed by atoms with E-state index in [1.54, 1.807) is 6.20 Å². The highest BCUT2D eigenvalue weighted by atomic mass is 79.9. The van der Waals surface area contributed by atoms with E-state index in [1.165, 1.54) is 6.42 Å². The van der Waals surface area contributed by atoms with Gasteiger partial charge < -0.3 is 15.5 Å². The van der Waals surface area contributed by atoms with Gasteiger partial charge in [-0.2, -0.15) is 4.98 Å². The van der Waals surface area contributed by atoms with Crippen LogP contribution in [0.1, 0.15) is 33.6 Å². The molecule has 6 heteroatoms. The van der Waals surface area contributed by atoms with E-state index in [1.807, 2.05) is 0 Å². The molecule has 0 bridgehead atoms. The Bertz CT molecular complexity index is 399. The summed E-state index contributed by atoms with van der Waals surface area (Å²) >= 11 is 3.48. The van der Waals surface area contributed by atoms with Crippen LogP contribution < -0.4 is 10.6 Å². The second-order valence-electron chi connectivity index (χ2n) is 4.98. The molecule has 0 aliphatic carbocycles. The van der Waals surface area contributed by atoms with E-state index < -0.39 is 0 Å². The first-order valence-electron chi connectivity index (χ1n) is 7.29. The number of likely N-dealkylation sites (N-methyl/N-ethyl adjacent to an activating group) is 1. The van der Waals surface area contributed by atoms with E-state index in [4.69, 9.17) is 0 Å². The number of nitrogens with one attached hydrogen (secondary N) is 2. The zero-order valence-electron chi connectivity index (χ0n) is 12.9. The molecule has 114 valence electrons. The monoisotopic (exact) mass is 343 g/mol. The van der Waals surface area contributed by atoms with Gasteiger partial charge in [0.25, 0.3) is 0 Å². The summed E-state index contributed by atoms with van der Waals surface area (Å²) in [6.45, 7) is 9.31. The fourth-order valence-corrected chi connectivity index (χ4v) is 2.03. The Kier molecular flexibility index (Phi) is 7.84. The molecule has 0 radical (unpaired) electrons. The van der Waals surface area contributed by atoms with Crippen LogP contribution in [0.2, 0.25) is 0 Å². The van der Waals surface area contributed by atoms with Gasteiger partial charge in [0.1, 0.15) is 5.82 Å². The first-order valence-corrected chi connectivity index (χ1v) is 8.08. The lowest BCUT2D eigenvalue weighted by Gasteiger charge is -2.23. The van der Waals surface area contributed by atoms with E-state index in [0.717, 1.165) is 36.3 Å². The van der Waals surface area contributed by atoms with Crippen molar-refractivity contribution >= 4 is 27.7 Å². The van der Waals surface area contributed by atoms with Crippen LogP contribution >= 0.6 is 15.9 Å². The van der Waals surface area contributed by atoms with Gasteiger partial charge in [0, 0.05) is 31.9 Å². The van der Waals surface area contributed by atoms with Gasteiger partial charge in [-0.3, -0.25) is 0 Å². The SMILES string of the molecule is CCCNc1ncc(Br)c(NCCN(C)C(C)CC)n1. The zero-order valence-corrected chi connectivity index (χ0v) is 14.5. The van der Waals surface area contributed by atoms with E-state index in [2.05, 4.69) is 69.3 Å². The Morgan fingerprint density at radius 1 is 1.30 bits per heavy atom. The number of hydrogen-bond acceptors (Lipinski definition) is 5. The summed E-state index contributed by atoms with van der Waals surface area (Å²) in [5, 5.41) is 6.55. The predicted octanol–water partition coefficient (Wildman–Crippen LogP) is 3.20. The maximum Gasteiger partial charge on any atom is 0.224 e. The molecule has 5 nitrogen and oxygen atoms in total. The molecule has 0 fully saturated rings. The summed E-state index contributed by atoms with van der Waals surface area (Å²) in [5.74, 6) is 1.52. The predicted molar refractivity (Wildman–Crippen MR) is 89.4 cm³/mol.